The van der Waals surface area contributed by atoms with Crippen LogP contribution in [-0.4, -0.2) is 54.1 Å². The van der Waals surface area contributed by atoms with Gasteiger partial charge in [0.25, 0.3) is 0 Å². The molecule has 3 nitrogen and oxygen atoms in total. The largest absolute Gasteiger partial charge is 0.393 e. The highest BCUT2D eigenvalue weighted by Gasteiger charge is 2.23. The van der Waals surface area contributed by atoms with Crippen LogP contribution >= 0.6 is 12.2 Å². The number of likely N-dealkylation sites (tertiary alicyclic amines) is 2. The molecule has 2 saturated heterocycles. The second-order valence-corrected chi connectivity index (χ2v) is 6.41. The van der Waals surface area contributed by atoms with E-state index in [4.69, 9.17) is 18.0 Å². The van der Waals surface area contributed by atoms with Crippen LogP contribution < -0.4 is 5.73 Å². The van der Waals surface area contributed by atoms with E-state index in [-0.39, 0.29) is 0 Å². The van der Waals surface area contributed by atoms with Crippen molar-refractivity contribution in [3.8, 4) is 0 Å². The lowest BCUT2D eigenvalue weighted by molar-refractivity contribution is 0.141. The molecule has 0 aromatic heterocycles. The summed E-state index contributed by atoms with van der Waals surface area (Å²) in [6.07, 6.45) is 7.84. The zero-order valence-corrected chi connectivity index (χ0v) is 12.4. The molecular formula is C14H27N3S. The van der Waals surface area contributed by atoms with Crippen molar-refractivity contribution in [3.05, 3.63) is 0 Å². The fraction of sp³-hybridized carbons (Fsp3) is 0.929. The first-order chi connectivity index (χ1) is 8.66. The summed E-state index contributed by atoms with van der Waals surface area (Å²) in [5.41, 5.74) is 5.73. The molecule has 2 heterocycles. The molecule has 2 N–H and O–H groups in total. The predicted octanol–water partition coefficient (Wildman–Crippen LogP) is 1.86. The molecule has 2 aliphatic heterocycles. The van der Waals surface area contributed by atoms with Crippen LogP contribution in [0.4, 0.5) is 0 Å². The third-order valence-electron chi connectivity index (χ3n) is 4.69. The summed E-state index contributed by atoms with van der Waals surface area (Å²) in [6.45, 7) is 4.89. The molecule has 0 amide bonds. The quantitative estimate of drug-likeness (QED) is 0.790. The van der Waals surface area contributed by atoms with Crippen molar-refractivity contribution in [2.45, 2.75) is 44.6 Å². The van der Waals surface area contributed by atoms with Crippen molar-refractivity contribution >= 4 is 17.2 Å². The molecule has 0 aromatic rings. The van der Waals surface area contributed by atoms with E-state index in [9.17, 15) is 0 Å². The average molecular weight is 269 g/mol. The maximum Gasteiger partial charge on any atom is 0.0759 e. The van der Waals surface area contributed by atoms with Gasteiger partial charge in [0.15, 0.2) is 0 Å². The summed E-state index contributed by atoms with van der Waals surface area (Å²) in [6, 6.07) is 0.812. The summed E-state index contributed by atoms with van der Waals surface area (Å²) in [5.74, 6) is 0.494. The highest BCUT2D eigenvalue weighted by Crippen LogP contribution is 2.21. The van der Waals surface area contributed by atoms with E-state index in [2.05, 4.69) is 16.8 Å². The monoisotopic (exact) mass is 269 g/mol. The van der Waals surface area contributed by atoms with Gasteiger partial charge in [-0.3, -0.25) is 0 Å². The molecule has 4 heteroatoms. The minimum atomic E-state index is 0.494. The van der Waals surface area contributed by atoms with Crippen molar-refractivity contribution in [1.82, 2.24) is 9.80 Å². The summed E-state index contributed by atoms with van der Waals surface area (Å²) in [4.78, 5) is 5.87. The van der Waals surface area contributed by atoms with E-state index in [1.54, 1.807) is 0 Å². The Balaban J connectivity index is 1.67. The van der Waals surface area contributed by atoms with Gasteiger partial charge < -0.3 is 15.5 Å². The van der Waals surface area contributed by atoms with Gasteiger partial charge in [0.2, 0.25) is 0 Å². The van der Waals surface area contributed by atoms with E-state index in [1.165, 1.54) is 51.9 Å². The molecule has 18 heavy (non-hydrogen) atoms. The number of thiocarbonyl (C=S) groups is 1. The van der Waals surface area contributed by atoms with Gasteiger partial charge in [-0.05, 0) is 65.3 Å². The number of nitrogens with zero attached hydrogens (tertiary/aromatic N) is 2. The maximum atomic E-state index is 5.73. The van der Waals surface area contributed by atoms with Crippen molar-refractivity contribution < 1.29 is 0 Å². The van der Waals surface area contributed by atoms with Crippen LogP contribution in [0.1, 0.15) is 38.5 Å². The fourth-order valence-electron chi connectivity index (χ4n) is 3.28. The standard InChI is InChI=1S/C14H27N3S/c1-16-8-3-2-4-13(16)7-11-17-9-5-12(6-10-17)14(15)18/h12-13H,2-11H2,1H3,(H2,15,18). The molecule has 1 atom stereocenters. The van der Waals surface area contributed by atoms with E-state index in [0.29, 0.717) is 5.92 Å². The summed E-state index contributed by atoms with van der Waals surface area (Å²) in [7, 11) is 2.28. The van der Waals surface area contributed by atoms with Gasteiger partial charge in [-0.1, -0.05) is 18.6 Å². The fourth-order valence-corrected chi connectivity index (χ4v) is 3.52. The summed E-state index contributed by atoms with van der Waals surface area (Å²) in [5, 5.41) is 0. The number of rotatable bonds is 4. The highest BCUT2D eigenvalue weighted by atomic mass is 32.1. The first kappa shape index (κ1) is 14.2. The molecule has 2 aliphatic rings. The molecule has 104 valence electrons. The zero-order chi connectivity index (χ0) is 13.0. The van der Waals surface area contributed by atoms with Crippen LogP contribution in [0.15, 0.2) is 0 Å². The average Bonchev–Trinajstić information content (AvgIpc) is 2.38. The normalized spacial score (nSPS) is 28.4. The molecule has 0 spiro atoms. The van der Waals surface area contributed by atoms with Crippen molar-refractivity contribution in [2.75, 3.05) is 33.2 Å². The zero-order valence-electron chi connectivity index (χ0n) is 11.6. The van der Waals surface area contributed by atoms with Crippen molar-refractivity contribution in [3.63, 3.8) is 0 Å². The molecule has 0 radical (unpaired) electrons. The van der Waals surface area contributed by atoms with E-state index in [0.717, 1.165) is 23.9 Å². The second-order valence-electron chi connectivity index (χ2n) is 5.94. The first-order valence-electron chi connectivity index (χ1n) is 7.38. The molecular weight excluding hydrogens is 242 g/mol. The molecule has 0 bridgehead atoms. The predicted molar refractivity (Wildman–Crippen MR) is 80.8 cm³/mol. The first-order valence-corrected chi connectivity index (χ1v) is 7.79. The van der Waals surface area contributed by atoms with Gasteiger partial charge in [0.1, 0.15) is 0 Å². The Hall–Kier alpha value is -0.190. The van der Waals surface area contributed by atoms with Gasteiger partial charge in [-0.2, -0.15) is 0 Å². The maximum absolute atomic E-state index is 5.73. The number of nitrogens with two attached hydrogens (primary N) is 1. The molecule has 0 aromatic carbocycles. The molecule has 0 saturated carbocycles. The van der Waals surface area contributed by atoms with Crippen LogP contribution in [0, 0.1) is 5.92 Å². The van der Waals surface area contributed by atoms with Gasteiger partial charge >= 0.3 is 0 Å². The summed E-state index contributed by atoms with van der Waals surface area (Å²) < 4.78 is 0. The van der Waals surface area contributed by atoms with E-state index < -0.39 is 0 Å². The van der Waals surface area contributed by atoms with Crippen LogP contribution in [0.25, 0.3) is 0 Å². The molecule has 2 fully saturated rings. The Morgan fingerprint density at radius 2 is 1.89 bits per heavy atom. The van der Waals surface area contributed by atoms with Gasteiger partial charge in [0, 0.05) is 12.0 Å². The Labute approximate surface area is 117 Å². The third kappa shape index (κ3) is 3.90. The number of hydrogen-bond acceptors (Lipinski definition) is 3. The highest BCUT2D eigenvalue weighted by molar-refractivity contribution is 7.80. The van der Waals surface area contributed by atoms with Crippen LogP contribution in [0.3, 0.4) is 0 Å². The van der Waals surface area contributed by atoms with Gasteiger partial charge in [-0.15, -0.1) is 0 Å². The Bertz CT molecular complexity index is 274. The molecule has 2 rings (SSSR count). The topological polar surface area (TPSA) is 32.5 Å². The minimum absolute atomic E-state index is 0.494. The summed E-state index contributed by atoms with van der Waals surface area (Å²) >= 11 is 5.09. The molecule has 1 unspecified atom stereocenters. The van der Waals surface area contributed by atoms with E-state index in [1.807, 2.05) is 0 Å². The lowest BCUT2D eigenvalue weighted by Gasteiger charge is -2.36. The number of piperidine rings is 2. The number of hydrogen-bond donors (Lipinski definition) is 1. The smallest absolute Gasteiger partial charge is 0.0759 e. The third-order valence-corrected chi connectivity index (χ3v) is 5.02. The Kier molecular flexibility index (Phi) is 5.39. The van der Waals surface area contributed by atoms with Crippen molar-refractivity contribution in [1.29, 1.82) is 0 Å². The lowest BCUT2D eigenvalue weighted by atomic mass is 9.95. The minimum Gasteiger partial charge on any atom is -0.393 e. The van der Waals surface area contributed by atoms with E-state index >= 15 is 0 Å². The van der Waals surface area contributed by atoms with Crippen LogP contribution in [-0.2, 0) is 0 Å². The van der Waals surface area contributed by atoms with Gasteiger partial charge in [0.05, 0.1) is 4.99 Å². The SMILES string of the molecule is CN1CCCCC1CCN1CCC(C(N)=S)CC1. The van der Waals surface area contributed by atoms with Crippen LogP contribution in [0.5, 0.6) is 0 Å². The second kappa shape index (κ2) is 6.83. The van der Waals surface area contributed by atoms with Gasteiger partial charge in [-0.25, -0.2) is 0 Å². The van der Waals surface area contributed by atoms with Crippen molar-refractivity contribution in [2.24, 2.45) is 11.7 Å². The Morgan fingerprint density at radius 3 is 2.50 bits per heavy atom. The lowest BCUT2D eigenvalue weighted by Crippen LogP contribution is -2.42. The molecule has 0 aliphatic carbocycles. The Morgan fingerprint density at radius 1 is 1.17 bits per heavy atom. The van der Waals surface area contributed by atoms with Crippen LogP contribution in [0.2, 0.25) is 0 Å².